The third-order valence-electron chi connectivity index (χ3n) is 3.79. The Bertz CT molecular complexity index is 913. The number of benzene rings is 2. The van der Waals surface area contributed by atoms with Crippen molar-refractivity contribution >= 4 is 33.5 Å². The van der Waals surface area contributed by atoms with Crippen LogP contribution in [0.1, 0.15) is 10.4 Å². The summed E-state index contributed by atoms with van der Waals surface area (Å²) in [7, 11) is 4.37. The summed E-state index contributed by atoms with van der Waals surface area (Å²) in [6.45, 7) is -0.0944. The minimum atomic E-state index is -0.638. The summed E-state index contributed by atoms with van der Waals surface area (Å²) in [5.41, 5.74) is 0.705. The number of carbonyl (C=O) groups is 2. The van der Waals surface area contributed by atoms with Crippen LogP contribution in [0, 0.1) is 0 Å². The van der Waals surface area contributed by atoms with Gasteiger partial charge in [-0.1, -0.05) is 0 Å². The number of hydrogen-bond donors (Lipinski definition) is 1. The van der Waals surface area contributed by atoms with Crippen molar-refractivity contribution in [3.05, 3.63) is 34.3 Å². The maximum Gasteiger partial charge on any atom is 0.344 e. The minimum absolute atomic E-state index is 0.0944. The fourth-order valence-electron chi connectivity index (χ4n) is 2.55. The Balaban J connectivity index is 1.91. The molecule has 1 heterocycles. The number of halogens is 1. The van der Waals surface area contributed by atoms with Gasteiger partial charge < -0.3 is 29.0 Å². The van der Waals surface area contributed by atoms with E-state index >= 15 is 0 Å². The number of amides is 1. The molecule has 0 aliphatic carbocycles. The molecule has 0 spiro atoms. The summed E-state index contributed by atoms with van der Waals surface area (Å²) in [5, 5.41) is 2.67. The first-order valence-corrected chi connectivity index (χ1v) is 8.55. The molecule has 1 amide bonds. The van der Waals surface area contributed by atoms with Gasteiger partial charge in [-0.25, -0.2) is 4.79 Å². The predicted molar refractivity (Wildman–Crippen MR) is 99.3 cm³/mol. The summed E-state index contributed by atoms with van der Waals surface area (Å²) in [4.78, 5) is 24.0. The summed E-state index contributed by atoms with van der Waals surface area (Å²) in [5.74, 6) is 0.775. The molecule has 0 saturated carbocycles. The van der Waals surface area contributed by atoms with E-state index in [0.29, 0.717) is 33.2 Å². The topological polar surface area (TPSA) is 92.3 Å². The van der Waals surface area contributed by atoms with Gasteiger partial charge in [0.1, 0.15) is 11.5 Å². The monoisotopic (exact) mass is 437 g/mol. The molecule has 27 heavy (non-hydrogen) atoms. The largest absolute Gasteiger partial charge is 0.493 e. The van der Waals surface area contributed by atoms with Gasteiger partial charge in [0.05, 0.1) is 37.1 Å². The summed E-state index contributed by atoms with van der Waals surface area (Å²) in [6, 6.07) is 6.16. The highest BCUT2D eigenvalue weighted by Crippen LogP contribution is 2.45. The quantitative estimate of drug-likeness (QED) is 0.567. The van der Waals surface area contributed by atoms with Crippen LogP contribution in [0.15, 0.2) is 28.7 Å². The van der Waals surface area contributed by atoms with Crippen LogP contribution in [-0.4, -0.2) is 39.8 Å². The molecule has 0 bridgehead atoms. The molecule has 8 nitrogen and oxygen atoms in total. The molecular formula is C18H16BrNO7. The van der Waals surface area contributed by atoms with Gasteiger partial charge in [-0.15, -0.1) is 0 Å². The SMILES string of the molecule is COc1cc(C(=O)Oc2ccc3c(c2)OCC(=O)N3)c(Br)c(OC)c1OC. The van der Waals surface area contributed by atoms with Gasteiger partial charge >= 0.3 is 5.97 Å². The number of carbonyl (C=O) groups excluding carboxylic acids is 2. The van der Waals surface area contributed by atoms with Crippen molar-refractivity contribution in [3.63, 3.8) is 0 Å². The first-order valence-electron chi connectivity index (χ1n) is 7.75. The van der Waals surface area contributed by atoms with E-state index in [1.807, 2.05) is 0 Å². The Labute approximate surface area is 163 Å². The van der Waals surface area contributed by atoms with E-state index in [9.17, 15) is 9.59 Å². The second-order valence-electron chi connectivity index (χ2n) is 5.39. The average Bonchev–Trinajstić information content (AvgIpc) is 2.67. The molecule has 1 aliphatic heterocycles. The molecule has 0 saturated heterocycles. The van der Waals surface area contributed by atoms with Crippen LogP contribution in [-0.2, 0) is 4.79 Å². The van der Waals surface area contributed by atoms with Crippen molar-refractivity contribution in [1.82, 2.24) is 0 Å². The second-order valence-corrected chi connectivity index (χ2v) is 6.18. The molecule has 0 unspecified atom stereocenters. The first-order chi connectivity index (χ1) is 13.0. The second kappa shape index (κ2) is 7.75. The molecule has 0 atom stereocenters. The van der Waals surface area contributed by atoms with Crippen molar-refractivity contribution in [1.29, 1.82) is 0 Å². The van der Waals surface area contributed by atoms with Crippen LogP contribution in [0.3, 0.4) is 0 Å². The minimum Gasteiger partial charge on any atom is -0.493 e. The lowest BCUT2D eigenvalue weighted by molar-refractivity contribution is -0.118. The van der Waals surface area contributed by atoms with Gasteiger partial charge in [0.15, 0.2) is 18.1 Å². The van der Waals surface area contributed by atoms with Crippen LogP contribution in [0.2, 0.25) is 0 Å². The van der Waals surface area contributed by atoms with Gasteiger partial charge in [0, 0.05) is 6.07 Å². The van der Waals surface area contributed by atoms with Gasteiger partial charge in [0.2, 0.25) is 5.75 Å². The molecule has 1 N–H and O–H groups in total. The average molecular weight is 438 g/mol. The highest BCUT2D eigenvalue weighted by molar-refractivity contribution is 9.10. The Morgan fingerprint density at radius 2 is 1.85 bits per heavy atom. The predicted octanol–water partition coefficient (Wildman–Crippen LogP) is 3.03. The van der Waals surface area contributed by atoms with Crippen LogP contribution < -0.4 is 29.0 Å². The molecule has 0 aromatic heterocycles. The van der Waals surface area contributed by atoms with E-state index in [2.05, 4.69) is 21.2 Å². The standard InChI is InChI=1S/C18H16BrNO7/c1-23-13-7-10(15(19)17(25-3)16(13)24-2)18(22)27-9-4-5-11-12(6-9)26-8-14(21)20-11/h4-7H,8H2,1-3H3,(H,20,21). The molecular weight excluding hydrogens is 422 g/mol. The zero-order valence-electron chi connectivity index (χ0n) is 14.8. The molecule has 3 rings (SSSR count). The Morgan fingerprint density at radius 3 is 2.52 bits per heavy atom. The maximum absolute atomic E-state index is 12.7. The number of rotatable bonds is 5. The number of hydrogen-bond acceptors (Lipinski definition) is 7. The zero-order chi connectivity index (χ0) is 19.6. The zero-order valence-corrected chi connectivity index (χ0v) is 16.3. The summed E-state index contributed by atoms with van der Waals surface area (Å²) >= 11 is 3.34. The van der Waals surface area contributed by atoms with Crippen molar-refractivity contribution in [2.75, 3.05) is 33.3 Å². The molecule has 0 fully saturated rings. The lowest BCUT2D eigenvalue weighted by Gasteiger charge is -2.19. The third-order valence-corrected chi connectivity index (χ3v) is 4.57. The molecule has 2 aromatic carbocycles. The number of anilines is 1. The van der Waals surface area contributed by atoms with Gasteiger partial charge in [-0.3, -0.25) is 4.79 Å². The molecule has 9 heteroatoms. The van der Waals surface area contributed by atoms with Crippen molar-refractivity contribution in [2.45, 2.75) is 0 Å². The van der Waals surface area contributed by atoms with Crippen LogP contribution in [0.4, 0.5) is 5.69 Å². The number of esters is 1. The lowest BCUT2D eigenvalue weighted by Crippen LogP contribution is -2.25. The van der Waals surface area contributed by atoms with Crippen molar-refractivity contribution < 1.29 is 33.3 Å². The van der Waals surface area contributed by atoms with Crippen molar-refractivity contribution in [3.8, 4) is 28.7 Å². The number of ether oxygens (including phenoxy) is 5. The maximum atomic E-state index is 12.7. The first kappa shape index (κ1) is 18.8. The Kier molecular flexibility index (Phi) is 5.41. The number of nitrogens with one attached hydrogen (secondary N) is 1. The normalized spacial score (nSPS) is 12.4. The highest BCUT2D eigenvalue weighted by Gasteiger charge is 2.25. The van der Waals surface area contributed by atoms with Gasteiger partial charge in [0.25, 0.3) is 5.91 Å². The highest BCUT2D eigenvalue weighted by atomic mass is 79.9. The smallest absolute Gasteiger partial charge is 0.344 e. The molecule has 142 valence electrons. The van der Waals surface area contributed by atoms with E-state index in [1.54, 1.807) is 12.1 Å². The summed E-state index contributed by atoms with van der Waals surface area (Å²) < 4.78 is 27.0. The lowest BCUT2D eigenvalue weighted by atomic mass is 10.1. The van der Waals surface area contributed by atoms with E-state index < -0.39 is 5.97 Å². The number of fused-ring (bicyclic) bond motifs is 1. The van der Waals surface area contributed by atoms with Crippen LogP contribution >= 0.6 is 15.9 Å². The van der Waals surface area contributed by atoms with E-state index in [-0.39, 0.29) is 23.8 Å². The van der Waals surface area contributed by atoms with Crippen LogP contribution in [0.5, 0.6) is 28.7 Å². The Morgan fingerprint density at radius 1 is 1.11 bits per heavy atom. The third kappa shape index (κ3) is 3.63. The van der Waals surface area contributed by atoms with E-state index in [0.717, 1.165) is 0 Å². The molecule has 1 aliphatic rings. The van der Waals surface area contributed by atoms with Crippen LogP contribution in [0.25, 0.3) is 0 Å². The van der Waals surface area contributed by atoms with Gasteiger partial charge in [-0.05, 0) is 34.1 Å². The fraction of sp³-hybridized carbons (Fsp3) is 0.222. The molecule has 2 aromatic rings. The Hall–Kier alpha value is -2.94. The number of methoxy groups -OCH3 is 3. The van der Waals surface area contributed by atoms with E-state index in [1.165, 1.54) is 33.5 Å². The van der Waals surface area contributed by atoms with Gasteiger partial charge in [-0.2, -0.15) is 0 Å². The molecule has 0 radical (unpaired) electrons. The fourth-order valence-corrected chi connectivity index (χ4v) is 3.17. The van der Waals surface area contributed by atoms with E-state index in [4.69, 9.17) is 23.7 Å². The van der Waals surface area contributed by atoms with Crippen molar-refractivity contribution in [2.24, 2.45) is 0 Å². The summed E-state index contributed by atoms with van der Waals surface area (Å²) in [6.07, 6.45) is 0.